The standard InChI is InChI=1S/C15H19F/c1-4-5-13-11(3)15(16)9-12-8-10(2)6-7-14(12)13/h4-5,9-10H,6-8H2,1-3H3/b5-4+. The third-order valence-electron chi connectivity index (χ3n) is 3.56. The summed E-state index contributed by atoms with van der Waals surface area (Å²) >= 11 is 0. The molecule has 0 amide bonds. The molecule has 1 aromatic rings. The highest BCUT2D eigenvalue weighted by atomic mass is 19.1. The van der Waals surface area contributed by atoms with Gasteiger partial charge in [0.05, 0.1) is 0 Å². The van der Waals surface area contributed by atoms with Crippen molar-refractivity contribution in [2.24, 2.45) is 5.92 Å². The van der Waals surface area contributed by atoms with Gasteiger partial charge < -0.3 is 0 Å². The molecule has 0 saturated carbocycles. The Bertz CT molecular complexity index is 430. The lowest BCUT2D eigenvalue weighted by Crippen LogP contribution is -2.14. The van der Waals surface area contributed by atoms with E-state index < -0.39 is 0 Å². The Kier molecular flexibility index (Phi) is 3.13. The minimum Gasteiger partial charge on any atom is -0.207 e. The van der Waals surface area contributed by atoms with E-state index in [0.717, 1.165) is 24.0 Å². The third-order valence-corrected chi connectivity index (χ3v) is 3.56. The molecular weight excluding hydrogens is 199 g/mol. The maximum absolute atomic E-state index is 13.8. The van der Waals surface area contributed by atoms with Crippen LogP contribution in [0.2, 0.25) is 0 Å². The van der Waals surface area contributed by atoms with Gasteiger partial charge in [0.1, 0.15) is 5.82 Å². The van der Waals surface area contributed by atoms with Crippen molar-refractivity contribution in [3.05, 3.63) is 40.2 Å². The van der Waals surface area contributed by atoms with Crippen molar-refractivity contribution < 1.29 is 4.39 Å². The van der Waals surface area contributed by atoms with Crippen molar-refractivity contribution in [3.63, 3.8) is 0 Å². The van der Waals surface area contributed by atoms with Gasteiger partial charge in [-0.3, -0.25) is 0 Å². The van der Waals surface area contributed by atoms with E-state index in [9.17, 15) is 4.39 Å². The Balaban J connectivity index is 2.58. The first-order valence-corrected chi connectivity index (χ1v) is 6.07. The molecule has 0 N–H and O–H groups in total. The molecule has 1 heteroatoms. The maximum atomic E-state index is 13.8. The summed E-state index contributed by atoms with van der Waals surface area (Å²) in [7, 11) is 0. The van der Waals surface area contributed by atoms with E-state index in [2.05, 4.69) is 6.92 Å². The minimum absolute atomic E-state index is 0.0547. The highest BCUT2D eigenvalue weighted by Crippen LogP contribution is 2.31. The third kappa shape index (κ3) is 1.91. The Morgan fingerprint density at radius 3 is 2.88 bits per heavy atom. The zero-order valence-corrected chi connectivity index (χ0v) is 10.3. The average molecular weight is 218 g/mol. The van der Waals surface area contributed by atoms with Crippen LogP contribution in [0.4, 0.5) is 4.39 Å². The summed E-state index contributed by atoms with van der Waals surface area (Å²) in [5, 5.41) is 0. The van der Waals surface area contributed by atoms with Crippen LogP contribution in [0.25, 0.3) is 6.08 Å². The van der Waals surface area contributed by atoms with Crippen molar-refractivity contribution in [2.45, 2.75) is 40.0 Å². The van der Waals surface area contributed by atoms with Crippen LogP contribution in [0, 0.1) is 18.7 Å². The molecule has 16 heavy (non-hydrogen) atoms. The number of halogens is 1. The van der Waals surface area contributed by atoms with E-state index in [1.165, 1.54) is 17.5 Å². The van der Waals surface area contributed by atoms with Crippen LogP contribution in [0.1, 0.15) is 42.5 Å². The first-order chi connectivity index (χ1) is 7.63. The van der Waals surface area contributed by atoms with Gasteiger partial charge in [-0.05, 0) is 67.3 Å². The molecule has 2 rings (SSSR count). The van der Waals surface area contributed by atoms with Gasteiger partial charge in [-0.2, -0.15) is 0 Å². The van der Waals surface area contributed by atoms with Crippen molar-refractivity contribution >= 4 is 6.08 Å². The van der Waals surface area contributed by atoms with Gasteiger partial charge in [-0.25, -0.2) is 4.39 Å². The summed E-state index contributed by atoms with van der Waals surface area (Å²) < 4.78 is 13.8. The van der Waals surface area contributed by atoms with Gasteiger partial charge in [-0.15, -0.1) is 0 Å². The second-order valence-electron chi connectivity index (χ2n) is 4.88. The molecular formula is C15H19F. The molecule has 1 aliphatic rings. The Hall–Kier alpha value is -1.11. The minimum atomic E-state index is -0.0547. The monoisotopic (exact) mass is 218 g/mol. The summed E-state index contributed by atoms with van der Waals surface area (Å²) in [6, 6.07) is 1.74. The van der Waals surface area contributed by atoms with Gasteiger partial charge in [0.2, 0.25) is 0 Å². The SMILES string of the molecule is C/C=C/c1c(C)c(F)cc2c1CCC(C)C2. The number of allylic oxidation sites excluding steroid dienone is 1. The zero-order chi connectivity index (χ0) is 11.7. The summed E-state index contributed by atoms with van der Waals surface area (Å²) in [5.74, 6) is 0.633. The van der Waals surface area contributed by atoms with E-state index in [1.54, 1.807) is 6.07 Å². The molecule has 0 spiro atoms. The molecule has 0 saturated heterocycles. The number of hydrogen-bond acceptors (Lipinski definition) is 0. The van der Waals surface area contributed by atoms with Crippen molar-refractivity contribution in [3.8, 4) is 0 Å². The molecule has 0 aliphatic heterocycles. The van der Waals surface area contributed by atoms with E-state index >= 15 is 0 Å². The Labute approximate surface area is 97.2 Å². The van der Waals surface area contributed by atoms with Crippen molar-refractivity contribution in [2.75, 3.05) is 0 Å². The van der Waals surface area contributed by atoms with Crippen LogP contribution in [-0.4, -0.2) is 0 Å². The molecule has 0 nitrogen and oxygen atoms in total. The molecule has 0 aromatic heterocycles. The lowest BCUT2D eigenvalue weighted by atomic mass is 9.81. The zero-order valence-electron chi connectivity index (χ0n) is 10.3. The predicted molar refractivity (Wildman–Crippen MR) is 67.0 cm³/mol. The molecule has 0 bridgehead atoms. The maximum Gasteiger partial charge on any atom is 0.127 e. The second kappa shape index (κ2) is 4.40. The van der Waals surface area contributed by atoms with Crippen LogP contribution >= 0.6 is 0 Å². The number of rotatable bonds is 1. The predicted octanol–water partition coefficient (Wildman–Crippen LogP) is 4.29. The first kappa shape index (κ1) is 11.4. The highest BCUT2D eigenvalue weighted by Gasteiger charge is 2.20. The molecule has 0 radical (unpaired) electrons. The van der Waals surface area contributed by atoms with E-state index in [4.69, 9.17) is 0 Å². The molecule has 1 unspecified atom stereocenters. The quantitative estimate of drug-likeness (QED) is 0.659. The highest BCUT2D eigenvalue weighted by molar-refractivity contribution is 5.60. The Morgan fingerprint density at radius 2 is 2.19 bits per heavy atom. The van der Waals surface area contributed by atoms with E-state index in [-0.39, 0.29) is 5.82 Å². The van der Waals surface area contributed by atoms with E-state index in [1.807, 2.05) is 26.0 Å². The first-order valence-electron chi connectivity index (χ1n) is 6.07. The summed E-state index contributed by atoms with van der Waals surface area (Å²) in [4.78, 5) is 0. The van der Waals surface area contributed by atoms with Crippen LogP contribution in [0.5, 0.6) is 0 Å². The molecule has 86 valence electrons. The van der Waals surface area contributed by atoms with Crippen LogP contribution in [-0.2, 0) is 12.8 Å². The normalized spacial score (nSPS) is 20.1. The van der Waals surface area contributed by atoms with Crippen LogP contribution in [0.3, 0.4) is 0 Å². The van der Waals surface area contributed by atoms with Gasteiger partial charge in [0.25, 0.3) is 0 Å². The largest absolute Gasteiger partial charge is 0.207 e. The van der Waals surface area contributed by atoms with Crippen molar-refractivity contribution in [1.29, 1.82) is 0 Å². The molecule has 0 heterocycles. The fraction of sp³-hybridized carbons (Fsp3) is 0.467. The second-order valence-corrected chi connectivity index (χ2v) is 4.88. The molecule has 1 aliphatic carbocycles. The van der Waals surface area contributed by atoms with Gasteiger partial charge in [0.15, 0.2) is 0 Å². The van der Waals surface area contributed by atoms with Crippen molar-refractivity contribution in [1.82, 2.24) is 0 Å². The van der Waals surface area contributed by atoms with Gasteiger partial charge in [-0.1, -0.05) is 19.1 Å². The number of hydrogen-bond donors (Lipinski definition) is 0. The van der Waals surface area contributed by atoms with Crippen LogP contribution in [0.15, 0.2) is 12.1 Å². The molecule has 0 fully saturated rings. The number of fused-ring (bicyclic) bond motifs is 1. The van der Waals surface area contributed by atoms with Gasteiger partial charge in [0, 0.05) is 0 Å². The summed E-state index contributed by atoms with van der Waals surface area (Å²) in [6.45, 7) is 6.11. The molecule has 1 aromatic carbocycles. The molecule has 1 atom stereocenters. The van der Waals surface area contributed by atoms with Crippen LogP contribution < -0.4 is 0 Å². The van der Waals surface area contributed by atoms with E-state index in [0.29, 0.717) is 5.92 Å². The summed E-state index contributed by atoms with van der Waals surface area (Å²) in [6.07, 6.45) is 7.39. The average Bonchev–Trinajstić information content (AvgIpc) is 2.24. The fourth-order valence-electron chi connectivity index (χ4n) is 2.61. The Morgan fingerprint density at radius 1 is 1.44 bits per heavy atom. The topological polar surface area (TPSA) is 0 Å². The van der Waals surface area contributed by atoms with Gasteiger partial charge >= 0.3 is 0 Å². The number of benzene rings is 1. The lowest BCUT2D eigenvalue weighted by Gasteiger charge is -2.24. The summed E-state index contributed by atoms with van der Waals surface area (Å²) in [5.41, 5.74) is 4.50. The lowest BCUT2D eigenvalue weighted by molar-refractivity contribution is 0.496. The smallest absolute Gasteiger partial charge is 0.127 e. The fourth-order valence-corrected chi connectivity index (χ4v) is 2.61.